The fraction of sp³-hybridized carbons (Fsp3) is 0.211. The Kier molecular flexibility index (Phi) is 3.83. The Morgan fingerprint density at radius 1 is 1.04 bits per heavy atom. The number of nitrogens with zero attached hydrogens (tertiary/aromatic N) is 3. The van der Waals surface area contributed by atoms with E-state index < -0.39 is 17.5 Å². The Morgan fingerprint density at radius 2 is 1.78 bits per heavy atom. The second-order valence-corrected chi connectivity index (χ2v) is 8.10. The van der Waals surface area contributed by atoms with Gasteiger partial charge in [0.15, 0.2) is 0 Å². The Balaban J connectivity index is 1.70. The number of fused-ring (bicyclic) bond motifs is 2. The van der Waals surface area contributed by atoms with E-state index >= 15 is 0 Å². The molecule has 0 bridgehead atoms. The number of anilines is 1. The summed E-state index contributed by atoms with van der Waals surface area (Å²) in [6.45, 7) is 1.45. The summed E-state index contributed by atoms with van der Waals surface area (Å²) in [6, 6.07) is 6.26. The first-order valence-corrected chi connectivity index (χ1v) is 9.52. The third kappa shape index (κ3) is 2.68. The quantitative estimate of drug-likeness (QED) is 0.584. The third-order valence-corrected chi connectivity index (χ3v) is 6.64. The SMILES string of the molecule is Fc1ccc(-n2ccc(=S)c3cc(F)c(N4CC5[C](=[V])C5C4)nc32)c(F)c1. The summed E-state index contributed by atoms with van der Waals surface area (Å²) in [5.74, 6) is -0.632. The average Bonchev–Trinajstić information content (AvgIpc) is 3.04. The molecule has 0 N–H and O–H groups in total. The van der Waals surface area contributed by atoms with Crippen molar-refractivity contribution in [2.75, 3.05) is 18.0 Å². The fourth-order valence-corrected chi connectivity index (χ4v) is 4.67. The van der Waals surface area contributed by atoms with Crippen LogP contribution >= 0.6 is 12.2 Å². The average molecular weight is 422 g/mol. The zero-order valence-corrected chi connectivity index (χ0v) is 16.1. The third-order valence-electron chi connectivity index (χ3n) is 5.25. The Hall–Kier alpha value is -1.96. The van der Waals surface area contributed by atoms with Gasteiger partial charge in [0.1, 0.15) is 0 Å². The number of pyridine rings is 2. The molecule has 5 rings (SSSR count). The van der Waals surface area contributed by atoms with Crippen molar-refractivity contribution in [3.05, 3.63) is 58.5 Å². The minimum atomic E-state index is -0.725. The molecule has 135 valence electrons. The van der Waals surface area contributed by atoms with Crippen molar-refractivity contribution in [2.45, 2.75) is 0 Å². The van der Waals surface area contributed by atoms with Crippen molar-refractivity contribution >= 4 is 33.3 Å². The molecule has 1 saturated carbocycles. The van der Waals surface area contributed by atoms with E-state index in [2.05, 4.69) is 22.0 Å². The van der Waals surface area contributed by atoms with Crippen LogP contribution in [0, 0.1) is 33.8 Å². The summed E-state index contributed by atoms with van der Waals surface area (Å²) < 4.78 is 45.7. The number of piperidine rings is 1. The van der Waals surface area contributed by atoms with E-state index in [-0.39, 0.29) is 11.5 Å². The van der Waals surface area contributed by atoms with Crippen LogP contribution in [0.5, 0.6) is 0 Å². The van der Waals surface area contributed by atoms with Crippen LogP contribution in [-0.2, 0) is 17.0 Å². The summed E-state index contributed by atoms with van der Waals surface area (Å²) in [5.41, 5.74) is 0.480. The molecule has 1 saturated heterocycles. The molecule has 2 fully saturated rings. The van der Waals surface area contributed by atoms with Crippen LogP contribution < -0.4 is 4.90 Å². The summed E-state index contributed by atoms with van der Waals surface area (Å²) in [6.07, 6.45) is 1.58. The van der Waals surface area contributed by atoms with Gasteiger partial charge in [0.25, 0.3) is 0 Å². The summed E-state index contributed by atoms with van der Waals surface area (Å²) in [4.78, 5) is 6.43. The molecule has 1 aromatic carbocycles. The maximum absolute atomic E-state index is 14.8. The predicted octanol–water partition coefficient (Wildman–Crippen LogP) is 3.96. The number of hydrogen-bond acceptors (Lipinski definition) is 3. The molecule has 0 radical (unpaired) electrons. The van der Waals surface area contributed by atoms with Crippen LogP contribution in [0.15, 0.2) is 36.5 Å². The van der Waals surface area contributed by atoms with Crippen molar-refractivity contribution < 1.29 is 30.2 Å². The molecule has 2 atom stereocenters. The second kappa shape index (κ2) is 6.02. The molecule has 8 heteroatoms. The maximum atomic E-state index is 14.8. The molecule has 3 aromatic rings. The van der Waals surface area contributed by atoms with E-state index in [1.807, 2.05) is 4.90 Å². The minimum absolute atomic E-state index is 0.132. The van der Waals surface area contributed by atoms with Crippen molar-refractivity contribution in [3.63, 3.8) is 0 Å². The molecular formula is C19H12F3N3SV. The van der Waals surface area contributed by atoms with E-state index in [1.165, 1.54) is 27.0 Å². The zero-order chi connectivity index (χ0) is 18.9. The predicted molar refractivity (Wildman–Crippen MR) is 96.0 cm³/mol. The first-order valence-electron chi connectivity index (χ1n) is 8.42. The monoisotopic (exact) mass is 422 g/mol. The first-order chi connectivity index (χ1) is 12.9. The molecule has 1 aliphatic carbocycles. The van der Waals surface area contributed by atoms with Gasteiger partial charge in [-0.1, -0.05) is 0 Å². The zero-order valence-electron chi connectivity index (χ0n) is 13.9. The summed E-state index contributed by atoms with van der Waals surface area (Å²) >= 11 is 7.90. The Labute approximate surface area is 166 Å². The van der Waals surface area contributed by atoms with Gasteiger partial charge in [0.05, 0.1) is 0 Å². The summed E-state index contributed by atoms with van der Waals surface area (Å²) in [7, 11) is 0. The van der Waals surface area contributed by atoms with Gasteiger partial charge >= 0.3 is 163 Å². The number of rotatable bonds is 2. The van der Waals surface area contributed by atoms with Gasteiger partial charge in [-0.05, 0) is 0 Å². The molecule has 27 heavy (non-hydrogen) atoms. The van der Waals surface area contributed by atoms with Crippen molar-refractivity contribution in [2.24, 2.45) is 11.8 Å². The Morgan fingerprint density at radius 3 is 2.48 bits per heavy atom. The second-order valence-electron chi connectivity index (χ2n) is 6.85. The van der Waals surface area contributed by atoms with Gasteiger partial charge in [0.2, 0.25) is 0 Å². The van der Waals surface area contributed by atoms with E-state index in [4.69, 9.17) is 12.2 Å². The van der Waals surface area contributed by atoms with Gasteiger partial charge in [-0.25, -0.2) is 4.39 Å². The number of benzene rings is 1. The molecule has 2 aromatic heterocycles. The van der Waals surface area contributed by atoms with Gasteiger partial charge in [0, 0.05) is 0 Å². The van der Waals surface area contributed by atoms with Crippen molar-refractivity contribution in [3.8, 4) is 5.69 Å². The van der Waals surface area contributed by atoms with E-state index in [9.17, 15) is 13.2 Å². The van der Waals surface area contributed by atoms with Gasteiger partial charge in [-0.15, -0.1) is 0 Å². The van der Waals surface area contributed by atoms with Crippen molar-refractivity contribution in [1.82, 2.24) is 9.55 Å². The van der Waals surface area contributed by atoms with Gasteiger partial charge < -0.3 is 0 Å². The Bertz CT molecular complexity index is 1180. The first kappa shape index (κ1) is 17.2. The molecule has 0 amide bonds. The van der Waals surface area contributed by atoms with Crippen LogP contribution in [-0.4, -0.2) is 26.9 Å². The molecule has 2 unspecified atom stereocenters. The topological polar surface area (TPSA) is 21.1 Å². The molecule has 3 heterocycles. The number of hydrogen-bond donors (Lipinski definition) is 0. The fourth-order valence-electron chi connectivity index (χ4n) is 3.76. The van der Waals surface area contributed by atoms with Gasteiger partial charge in [-0.2, -0.15) is 0 Å². The molecule has 0 spiro atoms. The molecule has 3 nitrogen and oxygen atoms in total. The van der Waals surface area contributed by atoms with Crippen LogP contribution in [0.25, 0.3) is 16.7 Å². The van der Waals surface area contributed by atoms with Crippen LogP contribution in [0.1, 0.15) is 0 Å². The van der Waals surface area contributed by atoms with Crippen molar-refractivity contribution in [1.29, 1.82) is 0 Å². The van der Waals surface area contributed by atoms with E-state index in [1.54, 1.807) is 12.3 Å². The summed E-state index contributed by atoms with van der Waals surface area (Å²) in [5, 5.41) is 0.418. The van der Waals surface area contributed by atoms with E-state index in [0.717, 1.165) is 19.2 Å². The van der Waals surface area contributed by atoms with Crippen LogP contribution in [0.3, 0.4) is 0 Å². The standard InChI is InChI=1S/C19H12F3N3S.V/c20-12-1-2-16(14(21)6-12)25-4-3-17(26)13-7-15(22)19(23-18(13)25)24-8-10-5-11(10)9-24;/h1-4,6-7,10-11H,8-9H2;. The molecule has 1 aliphatic heterocycles. The molecular weight excluding hydrogens is 410 g/mol. The van der Waals surface area contributed by atoms with Crippen LogP contribution in [0.2, 0.25) is 0 Å². The van der Waals surface area contributed by atoms with Gasteiger partial charge in [-0.3, -0.25) is 0 Å². The number of aromatic nitrogens is 2. The normalized spacial score (nSPS) is 21.0. The van der Waals surface area contributed by atoms with Crippen LogP contribution in [0.4, 0.5) is 19.0 Å². The molecule has 2 aliphatic rings. The number of halogens is 3. The van der Waals surface area contributed by atoms with E-state index in [0.29, 0.717) is 27.4 Å².